The molecule has 0 saturated heterocycles. The summed E-state index contributed by atoms with van der Waals surface area (Å²) in [5.74, 6) is 0. The molecule has 0 fully saturated rings. The maximum absolute atomic E-state index is 3.90. The monoisotopic (exact) mass is 682 g/mol. The molecular formula is C48H50N4. The van der Waals surface area contributed by atoms with E-state index in [2.05, 4.69) is 202 Å². The number of aliphatic imine (C=N–C) groups is 1. The second-order valence-electron chi connectivity index (χ2n) is 13.3. The van der Waals surface area contributed by atoms with Crippen LogP contribution in [0.3, 0.4) is 0 Å². The molecule has 1 aromatic heterocycles. The van der Waals surface area contributed by atoms with Crippen molar-refractivity contribution in [1.82, 2.24) is 4.57 Å². The Kier molecular flexibility index (Phi) is 11.4. The summed E-state index contributed by atoms with van der Waals surface area (Å²) < 4.78 is 2.37. The van der Waals surface area contributed by atoms with E-state index in [0.717, 1.165) is 29.9 Å². The van der Waals surface area contributed by atoms with Crippen molar-refractivity contribution >= 4 is 46.8 Å². The number of nitrogens with one attached hydrogen (secondary N) is 1. The van der Waals surface area contributed by atoms with Crippen LogP contribution in [0.2, 0.25) is 0 Å². The molecule has 1 aliphatic heterocycles. The highest BCUT2D eigenvalue weighted by molar-refractivity contribution is 5.97. The number of rotatable bonds is 12. The third-order valence-corrected chi connectivity index (χ3v) is 9.97. The molecule has 1 unspecified atom stereocenters. The molecular weight excluding hydrogens is 633 g/mol. The number of fused-ring (bicyclic) bond motifs is 2. The first kappa shape index (κ1) is 35.9. The molecule has 2 heterocycles. The quantitative estimate of drug-likeness (QED) is 0.105. The topological polar surface area (TPSA) is 32.6 Å². The molecule has 0 saturated carbocycles. The summed E-state index contributed by atoms with van der Waals surface area (Å²) in [6, 6.07) is 32.8. The summed E-state index contributed by atoms with van der Waals surface area (Å²) in [5, 5.41) is 5.03. The molecule has 6 rings (SSSR count). The molecule has 4 aromatic carbocycles. The fraction of sp³-hybridized carbons (Fsp3) is 0.188. The Morgan fingerprint density at radius 1 is 0.865 bits per heavy atom. The Balaban J connectivity index is 1.41. The Hall–Kier alpha value is -5.87. The van der Waals surface area contributed by atoms with Gasteiger partial charge in [-0.1, -0.05) is 92.7 Å². The average Bonchev–Trinajstić information content (AvgIpc) is 3.69. The van der Waals surface area contributed by atoms with Gasteiger partial charge in [-0.3, -0.25) is 4.99 Å². The minimum Gasteiger partial charge on any atom is -0.360 e. The van der Waals surface area contributed by atoms with Gasteiger partial charge in [0.05, 0.1) is 16.9 Å². The molecule has 262 valence electrons. The minimum atomic E-state index is -0.0286. The van der Waals surface area contributed by atoms with Crippen molar-refractivity contribution in [2.45, 2.75) is 60.5 Å². The highest BCUT2D eigenvalue weighted by atomic mass is 15.3. The molecule has 0 amide bonds. The van der Waals surface area contributed by atoms with Crippen LogP contribution >= 0.6 is 0 Å². The lowest BCUT2D eigenvalue weighted by Gasteiger charge is -2.29. The van der Waals surface area contributed by atoms with Crippen LogP contribution in [-0.2, 0) is 6.42 Å². The molecule has 4 heteroatoms. The number of benzene rings is 4. The van der Waals surface area contributed by atoms with Crippen molar-refractivity contribution in [3.8, 4) is 11.1 Å². The molecule has 4 nitrogen and oxygen atoms in total. The first-order valence-corrected chi connectivity index (χ1v) is 18.3. The van der Waals surface area contributed by atoms with Crippen LogP contribution in [0.5, 0.6) is 0 Å². The van der Waals surface area contributed by atoms with E-state index in [1.54, 1.807) is 6.20 Å². The van der Waals surface area contributed by atoms with Gasteiger partial charge in [0.25, 0.3) is 0 Å². The Labute approximate surface area is 310 Å². The average molecular weight is 683 g/mol. The molecule has 52 heavy (non-hydrogen) atoms. The number of allylic oxidation sites excluding steroid dienone is 7. The van der Waals surface area contributed by atoms with E-state index in [1.807, 2.05) is 6.08 Å². The maximum atomic E-state index is 3.90. The highest BCUT2D eigenvalue weighted by Crippen LogP contribution is 2.40. The third-order valence-electron chi connectivity index (χ3n) is 9.97. The number of aryl methyl sites for hydroxylation is 2. The van der Waals surface area contributed by atoms with E-state index in [-0.39, 0.29) is 6.17 Å². The van der Waals surface area contributed by atoms with E-state index in [9.17, 15) is 0 Å². The zero-order valence-electron chi connectivity index (χ0n) is 31.4. The van der Waals surface area contributed by atoms with Crippen molar-refractivity contribution in [3.63, 3.8) is 0 Å². The molecule has 1 atom stereocenters. The van der Waals surface area contributed by atoms with E-state index >= 15 is 0 Å². The van der Waals surface area contributed by atoms with Gasteiger partial charge in [-0.05, 0) is 141 Å². The van der Waals surface area contributed by atoms with Gasteiger partial charge in [0, 0.05) is 34.7 Å². The maximum Gasteiger partial charge on any atom is 0.126 e. The number of aromatic nitrogens is 1. The van der Waals surface area contributed by atoms with Crippen LogP contribution in [0.1, 0.15) is 62.1 Å². The van der Waals surface area contributed by atoms with Crippen LogP contribution in [-0.4, -0.2) is 17.5 Å². The van der Waals surface area contributed by atoms with Crippen LogP contribution in [0.4, 0.5) is 11.4 Å². The minimum absolute atomic E-state index is 0.0286. The zero-order chi connectivity index (χ0) is 36.6. The van der Waals surface area contributed by atoms with E-state index in [1.165, 1.54) is 61.1 Å². The van der Waals surface area contributed by atoms with Crippen molar-refractivity contribution in [3.05, 3.63) is 173 Å². The predicted octanol–water partition coefficient (Wildman–Crippen LogP) is 12.8. The van der Waals surface area contributed by atoms with Gasteiger partial charge in [0.2, 0.25) is 0 Å². The van der Waals surface area contributed by atoms with Gasteiger partial charge in [0.1, 0.15) is 6.17 Å². The molecule has 5 aromatic rings. The first-order chi connectivity index (χ1) is 25.4. The van der Waals surface area contributed by atoms with Gasteiger partial charge in [0.15, 0.2) is 0 Å². The van der Waals surface area contributed by atoms with E-state index < -0.39 is 0 Å². The van der Waals surface area contributed by atoms with Crippen LogP contribution in [0, 0.1) is 13.8 Å². The summed E-state index contributed by atoms with van der Waals surface area (Å²) in [6.07, 6.45) is 20.9. The second-order valence-corrected chi connectivity index (χ2v) is 13.3. The normalized spacial score (nSPS) is 15.4. The summed E-state index contributed by atoms with van der Waals surface area (Å²) in [4.78, 5) is 6.30. The molecule has 0 radical (unpaired) electrons. The summed E-state index contributed by atoms with van der Waals surface area (Å²) in [6.45, 7) is 16.7. The fourth-order valence-electron chi connectivity index (χ4n) is 7.31. The van der Waals surface area contributed by atoms with E-state index in [0.29, 0.717) is 0 Å². The highest BCUT2D eigenvalue weighted by Gasteiger charge is 2.31. The zero-order valence-corrected chi connectivity index (χ0v) is 31.4. The first-order valence-electron chi connectivity index (χ1n) is 18.3. The van der Waals surface area contributed by atoms with Gasteiger partial charge in [-0.25, -0.2) is 0 Å². The fourth-order valence-corrected chi connectivity index (χ4v) is 7.31. The van der Waals surface area contributed by atoms with Gasteiger partial charge < -0.3 is 14.8 Å². The molecule has 1 N–H and O–H groups in total. The lowest BCUT2D eigenvalue weighted by molar-refractivity contribution is 0.801. The Morgan fingerprint density at radius 2 is 1.62 bits per heavy atom. The standard InChI is InChI=1S/C48H50N4/c1-8-19-39(52-47-27-16-14-25-44(47)50-48(52)37(9-2)21-17-30-49-7)22-18-31-51-45(10-3)43(41-24-13-15-26-46(41)51)32-36(6)38-29-28-35(5)42(33-38)40-23-12-11-20-34(40)4/h8,11-33,48,50H,7,9-10H2,1-6H3/b19-8-,30-17-,31-18+,36-32+,37-21+,39-22+. The molecule has 0 aliphatic carbocycles. The van der Waals surface area contributed by atoms with Gasteiger partial charge in [-0.2, -0.15) is 0 Å². The summed E-state index contributed by atoms with van der Waals surface area (Å²) >= 11 is 0. The summed E-state index contributed by atoms with van der Waals surface area (Å²) in [7, 11) is 0. The molecule has 0 bridgehead atoms. The molecule has 0 spiro atoms. The Bertz CT molecular complexity index is 2270. The molecule has 1 aliphatic rings. The van der Waals surface area contributed by atoms with Crippen LogP contribution < -0.4 is 10.2 Å². The van der Waals surface area contributed by atoms with Crippen molar-refractivity contribution in [1.29, 1.82) is 0 Å². The summed E-state index contributed by atoms with van der Waals surface area (Å²) in [5.41, 5.74) is 16.0. The number of hydrogen-bond donors (Lipinski definition) is 1. The van der Waals surface area contributed by atoms with Gasteiger partial charge in [-0.15, -0.1) is 0 Å². The van der Waals surface area contributed by atoms with Crippen molar-refractivity contribution < 1.29 is 0 Å². The number of para-hydroxylation sites is 3. The Morgan fingerprint density at radius 3 is 2.38 bits per heavy atom. The largest absolute Gasteiger partial charge is 0.360 e. The lowest BCUT2D eigenvalue weighted by atomic mass is 9.92. The lowest BCUT2D eigenvalue weighted by Crippen LogP contribution is -2.36. The van der Waals surface area contributed by atoms with Crippen molar-refractivity contribution in [2.24, 2.45) is 4.99 Å². The van der Waals surface area contributed by atoms with E-state index in [4.69, 9.17) is 0 Å². The smallest absolute Gasteiger partial charge is 0.126 e. The number of nitrogens with zero attached hydrogens (tertiary/aromatic N) is 3. The van der Waals surface area contributed by atoms with Crippen LogP contribution in [0.25, 0.3) is 39.9 Å². The second kappa shape index (κ2) is 16.4. The predicted molar refractivity (Wildman–Crippen MR) is 228 cm³/mol. The SMILES string of the molecule is C=N/C=C\C=C(/CC)C1Nc2ccccc2N1C(/C=C\C)=C/C=C/n1c(CC)c(/C=C(\C)c2ccc(C)c(-c3ccccc3C)c2)c2ccccc21. The number of hydrogen-bond acceptors (Lipinski definition) is 3. The third kappa shape index (κ3) is 7.29. The van der Waals surface area contributed by atoms with Crippen molar-refractivity contribution in [2.75, 3.05) is 10.2 Å². The van der Waals surface area contributed by atoms with Crippen LogP contribution in [0.15, 0.2) is 150 Å². The number of anilines is 2. The van der Waals surface area contributed by atoms with Gasteiger partial charge >= 0.3 is 0 Å².